The highest BCUT2D eigenvalue weighted by Crippen LogP contribution is 2.32. The second-order valence-electron chi connectivity index (χ2n) is 5.49. The van der Waals surface area contributed by atoms with Crippen molar-refractivity contribution in [3.63, 3.8) is 0 Å². The predicted molar refractivity (Wildman–Crippen MR) is 106 cm³/mol. The van der Waals surface area contributed by atoms with Crippen LogP contribution in [0.1, 0.15) is 5.56 Å². The third-order valence-electron chi connectivity index (χ3n) is 3.49. The number of rotatable bonds is 6. The van der Waals surface area contributed by atoms with Gasteiger partial charge in [-0.15, -0.1) is 0 Å². The lowest BCUT2D eigenvalue weighted by molar-refractivity contribution is 0.252. The molecule has 0 bridgehead atoms. The molecular weight excluding hydrogens is 401 g/mol. The number of benzene rings is 2. The molecule has 3 rings (SSSR count). The summed E-state index contributed by atoms with van der Waals surface area (Å²) in [4.78, 5) is 19.0. The summed E-state index contributed by atoms with van der Waals surface area (Å²) < 4.78 is 24.4. The number of ether oxygens (including phenoxy) is 2. The van der Waals surface area contributed by atoms with Crippen molar-refractivity contribution in [2.24, 2.45) is 5.10 Å². The second-order valence-corrected chi connectivity index (χ2v) is 5.83. The normalized spacial score (nSPS) is 10.6. The molecule has 0 radical (unpaired) electrons. The number of halogens is 2. The fraction of sp³-hybridized carbons (Fsp3) is 0.0526. The number of nitrogens with one attached hydrogen (secondary N) is 2. The van der Waals surface area contributed by atoms with E-state index in [1.165, 1.54) is 13.3 Å². The van der Waals surface area contributed by atoms with E-state index in [1.807, 2.05) is 6.07 Å². The number of carbonyl (C=O) groups excluding carboxylic acids is 1. The Balaban J connectivity index is 1.66. The number of nitrogens with zero attached hydrogens (tertiary/aromatic N) is 3. The van der Waals surface area contributed by atoms with E-state index in [4.69, 9.17) is 21.1 Å². The fourth-order valence-corrected chi connectivity index (χ4v) is 2.33. The third-order valence-corrected chi connectivity index (χ3v) is 3.67. The summed E-state index contributed by atoms with van der Waals surface area (Å²) >= 11 is 5.66. The lowest BCUT2D eigenvalue weighted by Crippen LogP contribution is -2.24. The molecule has 8 nitrogen and oxygen atoms in total. The predicted octanol–water partition coefficient (Wildman–Crippen LogP) is 4.23. The molecule has 0 aliphatic heterocycles. The highest BCUT2D eigenvalue weighted by molar-refractivity contribution is 6.28. The highest BCUT2D eigenvalue weighted by atomic mass is 35.5. The zero-order valence-electron chi connectivity index (χ0n) is 15.1. The topological polar surface area (TPSA) is 97.7 Å². The van der Waals surface area contributed by atoms with E-state index in [2.05, 4.69) is 25.8 Å². The first kappa shape index (κ1) is 20.0. The average Bonchev–Trinajstić information content (AvgIpc) is 2.72. The van der Waals surface area contributed by atoms with Gasteiger partial charge in [0, 0.05) is 5.69 Å². The molecule has 2 N–H and O–H groups in total. The van der Waals surface area contributed by atoms with Crippen molar-refractivity contribution in [2.75, 3.05) is 12.4 Å². The smallest absolute Gasteiger partial charge is 0.339 e. The van der Waals surface area contributed by atoms with Crippen LogP contribution in [-0.4, -0.2) is 29.3 Å². The maximum absolute atomic E-state index is 13.8. The summed E-state index contributed by atoms with van der Waals surface area (Å²) in [7, 11) is 1.43. The molecule has 2 amide bonds. The van der Waals surface area contributed by atoms with Crippen LogP contribution >= 0.6 is 11.6 Å². The van der Waals surface area contributed by atoms with Crippen molar-refractivity contribution in [1.29, 1.82) is 0 Å². The number of anilines is 1. The molecule has 0 aliphatic carbocycles. The summed E-state index contributed by atoms with van der Waals surface area (Å²) in [6, 6.07) is 13.2. The van der Waals surface area contributed by atoms with E-state index in [0.29, 0.717) is 17.0 Å². The van der Waals surface area contributed by atoms with Crippen molar-refractivity contribution < 1.29 is 18.7 Å². The van der Waals surface area contributed by atoms with Crippen LogP contribution in [0.4, 0.5) is 14.9 Å². The van der Waals surface area contributed by atoms with E-state index in [-0.39, 0.29) is 16.9 Å². The van der Waals surface area contributed by atoms with Crippen LogP contribution in [0.15, 0.2) is 59.8 Å². The van der Waals surface area contributed by atoms with E-state index in [1.54, 1.807) is 42.5 Å². The Bertz CT molecular complexity index is 1030. The van der Waals surface area contributed by atoms with Gasteiger partial charge in [-0.05, 0) is 47.5 Å². The number of hydrogen-bond donors (Lipinski definition) is 2. The summed E-state index contributed by atoms with van der Waals surface area (Å²) in [5.74, 6) is -0.579. The number of hydrogen-bond acceptors (Lipinski definition) is 6. The SMILES string of the molecule is COc1cc(/C=N\NC(=O)Nc2ccccc2)ccc1Oc1nc(Cl)ncc1F. The monoisotopic (exact) mass is 415 g/mol. The molecule has 29 heavy (non-hydrogen) atoms. The van der Waals surface area contributed by atoms with Gasteiger partial charge in [0.05, 0.1) is 19.5 Å². The van der Waals surface area contributed by atoms with Gasteiger partial charge in [-0.1, -0.05) is 18.2 Å². The molecular formula is C19H15ClFN5O3. The molecule has 3 aromatic rings. The second kappa shape index (κ2) is 9.47. The molecule has 0 fully saturated rings. The summed E-state index contributed by atoms with van der Waals surface area (Å²) in [6.07, 6.45) is 2.32. The molecule has 0 aliphatic rings. The Labute approximate surface area is 170 Å². The van der Waals surface area contributed by atoms with Gasteiger partial charge in [0.2, 0.25) is 11.1 Å². The van der Waals surface area contributed by atoms with Crippen molar-refractivity contribution in [3.8, 4) is 17.4 Å². The van der Waals surface area contributed by atoms with Crippen molar-refractivity contribution in [3.05, 3.63) is 71.4 Å². The van der Waals surface area contributed by atoms with Gasteiger partial charge in [0.1, 0.15) is 0 Å². The summed E-state index contributed by atoms with van der Waals surface area (Å²) in [5, 5.41) is 6.35. The van der Waals surface area contributed by atoms with Gasteiger partial charge in [0.15, 0.2) is 11.5 Å². The minimum absolute atomic E-state index is 0.149. The molecule has 10 heteroatoms. The Morgan fingerprint density at radius 3 is 2.76 bits per heavy atom. The molecule has 0 unspecified atom stereocenters. The maximum atomic E-state index is 13.8. The van der Waals surface area contributed by atoms with Crippen LogP contribution in [0.5, 0.6) is 17.4 Å². The number of methoxy groups -OCH3 is 1. The summed E-state index contributed by atoms with van der Waals surface area (Å²) in [6.45, 7) is 0. The zero-order valence-corrected chi connectivity index (χ0v) is 15.9. The molecule has 148 valence electrons. The van der Waals surface area contributed by atoms with E-state index < -0.39 is 11.8 Å². The lowest BCUT2D eigenvalue weighted by atomic mass is 10.2. The number of hydrazone groups is 1. The van der Waals surface area contributed by atoms with E-state index >= 15 is 0 Å². The van der Waals surface area contributed by atoms with Crippen LogP contribution in [0.3, 0.4) is 0 Å². The molecule has 2 aromatic carbocycles. The Kier molecular flexibility index (Phi) is 6.54. The van der Waals surface area contributed by atoms with Crippen molar-refractivity contribution in [1.82, 2.24) is 15.4 Å². The van der Waals surface area contributed by atoms with Crippen molar-refractivity contribution in [2.45, 2.75) is 0 Å². The minimum atomic E-state index is -0.768. The first-order valence-electron chi connectivity index (χ1n) is 8.24. The molecule has 0 spiro atoms. The number of aromatic nitrogens is 2. The van der Waals surface area contributed by atoms with Crippen LogP contribution in [0.25, 0.3) is 0 Å². The maximum Gasteiger partial charge on any atom is 0.339 e. The fourth-order valence-electron chi connectivity index (χ4n) is 2.20. The van der Waals surface area contributed by atoms with Crippen molar-refractivity contribution >= 4 is 29.5 Å². The van der Waals surface area contributed by atoms with Gasteiger partial charge >= 0.3 is 6.03 Å². The minimum Gasteiger partial charge on any atom is -0.493 e. The Morgan fingerprint density at radius 1 is 1.21 bits per heavy atom. The molecule has 0 saturated heterocycles. The van der Waals surface area contributed by atoms with E-state index in [0.717, 1.165) is 6.20 Å². The van der Waals surface area contributed by atoms with Crippen LogP contribution in [0, 0.1) is 5.82 Å². The Hall–Kier alpha value is -3.72. The largest absolute Gasteiger partial charge is 0.493 e. The summed E-state index contributed by atoms with van der Waals surface area (Å²) in [5.41, 5.74) is 3.60. The van der Waals surface area contributed by atoms with Gasteiger partial charge in [-0.2, -0.15) is 14.5 Å². The molecule has 0 atom stereocenters. The van der Waals surface area contributed by atoms with Gasteiger partial charge in [0.25, 0.3) is 5.88 Å². The van der Waals surface area contributed by atoms with Gasteiger partial charge in [-0.25, -0.2) is 15.2 Å². The number of amides is 2. The molecule has 1 heterocycles. The lowest BCUT2D eigenvalue weighted by Gasteiger charge is -2.10. The van der Waals surface area contributed by atoms with Gasteiger partial charge in [-0.3, -0.25) is 0 Å². The van der Waals surface area contributed by atoms with Crippen LogP contribution in [0.2, 0.25) is 5.28 Å². The first-order valence-corrected chi connectivity index (χ1v) is 8.62. The van der Waals surface area contributed by atoms with Gasteiger partial charge < -0.3 is 14.8 Å². The quantitative estimate of drug-likeness (QED) is 0.357. The Morgan fingerprint density at radius 2 is 2.00 bits per heavy atom. The number of carbonyl (C=O) groups is 1. The highest BCUT2D eigenvalue weighted by Gasteiger charge is 2.12. The van der Waals surface area contributed by atoms with Crippen LogP contribution in [-0.2, 0) is 0 Å². The van der Waals surface area contributed by atoms with E-state index in [9.17, 15) is 9.18 Å². The molecule has 1 aromatic heterocycles. The average molecular weight is 416 g/mol. The standard InChI is InChI=1S/C19H15ClFN5O3/c1-28-16-9-12(10-23-26-19(27)24-13-5-3-2-4-6-13)7-8-15(16)29-17-14(21)11-22-18(20)25-17/h2-11H,1H3,(H2,24,26,27)/b23-10-. The zero-order chi connectivity index (χ0) is 20.6. The first-order chi connectivity index (χ1) is 14.0. The third kappa shape index (κ3) is 5.63. The van der Waals surface area contributed by atoms with Crippen LogP contribution < -0.4 is 20.2 Å². The number of para-hydroxylation sites is 1. The number of urea groups is 1. The molecule has 0 saturated carbocycles.